The highest BCUT2D eigenvalue weighted by molar-refractivity contribution is 5.37. The van der Waals surface area contributed by atoms with Gasteiger partial charge in [-0.05, 0) is 43.9 Å². The van der Waals surface area contributed by atoms with Crippen molar-refractivity contribution in [1.82, 2.24) is 14.8 Å². The van der Waals surface area contributed by atoms with Crippen molar-refractivity contribution in [3.63, 3.8) is 0 Å². The van der Waals surface area contributed by atoms with Crippen LogP contribution in [-0.2, 0) is 19.6 Å². The van der Waals surface area contributed by atoms with Gasteiger partial charge in [0.2, 0.25) is 0 Å². The van der Waals surface area contributed by atoms with Crippen LogP contribution in [-0.4, -0.2) is 50.0 Å². The molecule has 23 heavy (non-hydrogen) atoms. The molecule has 1 aromatic carbocycles. The van der Waals surface area contributed by atoms with Gasteiger partial charge in [0.25, 0.3) is 0 Å². The Bertz CT molecular complexity index is 605. The van der Waals surface area contributed by atoms with Crippen molar-refractivity contribution >= 4 is 5.82 Å². The van der Waals surface area contributed by atoms with Gasteiger partial charge in [0, 0.05) is 39.9 Å². The third kappa shape index (κ3) is 5.34. The molecule has 4 heteroatoms. The Kier molecular flexibility index (Phi) is 6.13. The molecule has 1 aromatic heterocycles. The van der Waals surface area contributed by atoms with Gasteiger partial charge < -0.3 is 9.80 Å². The number of pyridine rings is 1. The van der Waals surface area contributed by atoms with Crippen molar-refractivity contribution in [2.24, 2.45) is 0 Å². The molecule has 0 aliphatic carbocycles. The summed E-state index contributed by atoms with van der Waals surface area (Å²) in [6, 6.07) is 12.9. The van der Waals surface area contributed by atoms with E-state index in [0.717, 1.165) is 25.5 Å². The molecule has 0 fully saturated rings. The Morgan fingerprint density at radius 1 is 0.783 bits per heavy atom. The van der Waals surface area contributed by atoms with Gasteiger partial charge in [0.15, 0.2) is 0 Å². The Morgan fingerprint density at radius 2 is 1.43 bits per heavy atom. The Balaban J connectivity index is 2.00. The van der Waals surface area contributed by atoms with Crippen molar-refractivity contribution in [3.8, 4) is 0 Å². The van der Waals surface area contributed by atoms with Crippen LogP contribution in [0.3, 0.4) is 0 Å². The first-order chi connectivity index (χ1) is 11.0. The van der Waals surface area contributed by atoms with E-state index in [2.05, 4.69) is 72.3 Å². The van der Waals surface area contributed by atoms with E-state index in [4.69, 9.17) is 0 Å². The maximum absolute atomic E-state index is 4.49. The van der Waals surface area contributed by atoms with Gasteiger partial charge in [-0.1, -0.05) is 30.3 Å². The second-order valence-corrected chi connectivity index (χ2v) is 6.60. The normalized spacial score (nSPS) is 11.3. The van der Waals surface area contributed by atoms with Crippen LogP contribution in [0.15, 0.2) is 42.6 Å². The van der Waals surface area contributed by atoms with Crippen molar-refractivity contribution in [1.29, 1.82) is 0 Å². The molecule has 0 radical (unpaired) electrons. The lowest BCUT2D eigenvalue weighted by atomic mass is 10.1. The molecule has 124 valence electrons. The molecule has 1 heterocycles. The summed E-state index contributed by atoms with van der Waals surface area (Å²) in [6.45, 7) is 2.82. The molecule has 0 aliphatic rings. The molecule has 0 atom stereocenters. The molecule has 0 unspecified atom stereocenters. The highest BCUT2D eigenvalue weighted by Gasteiger charge is 2.07. The van der Waals surface area contributed by atoms with Gasteiger partial charge in [-0.15, -0.1) is 0 Å². The Morgan fingerprint density at radius 3 is 1.96 bits per heavy atom. The molecule has 0 amide bonds. The molecular weight excluding hydrogens is 284 g/mol. The predicted octanol–water partition coefficient (Wildman–Crippen LogP) is 2.84. The van der Waals surface area contributed by atoms with Crippen molar-refractivity contribution < 1.29 is 0 Å². The number of hydrogen-bond acceptors (Lipinski definition) is 4. The average molecular weight is 312 g/mol. The van der Waals surface area contributed by atoms with E-state index in [9.17, 15) is 0 Å². The molecular formula is C19H28N4. The van der Waals surface area contributed by atoms with E-state index in [1.807, 2.05) is 25.2 Å². The maximum Gasteiger partial charge on any atom is 0.127 e. The lowest BCUT2D eigenvalue weighted by Gasteiger charge is -2.20. The number of aromatic nitrogens is 1. The molecule has 4 nitrogen and oxygen atoms in total. The molecule has 0 aliphatic heterocycles. The van der Waals surface area contributed by atoms with Crippen LogP contribution in [0, 0.1) is 0 Å². The summed E-state index contributed by atoms with van der Waals surface area (Å²) in [5, 5.41) is 0. The molecule has 2 aromatic rings. The van der Waals surface area contributed by atoms with E-state index < -0.39 is 0 Å². The van der Waals surface area contributed by atoms with Crippen molar-refractivity contribution in [2.45, 2.75) is 19.6 Å². The van der Waals surface area contributed by atoms with Gasteiger partial charge >= 0.3 is 0 Å². The largest absolute Gasteiger partial charge is 0.363 e. The van der Waals surface area contributed by atoms with Crippen LogP contribution in [0.4, 0.5) is 5.82 Å². The highest BCUT2D eigenvalue weighted by Crippen LogP contribution is 2.15. The topological polar surface area (TPSA) is 22.6 Å². The highest BCUT2D eigenvalue weighted by atomic mass is 15.1. The van der Waals surface area contributed by atoms with E-state index >= 15 is 0 Å². The van der Waals surface area contributed by atoms with Crippen LogP contribution in [0.25, 0.3) is 0 Å². The monoisotopic (exact) mass is 312 g/mol. The zero-order valence-electron chi connectivity index (χ0n) is 15.0. The SMILES string of the molecule is CN(C)Cc1ccccc1CN(C)Cc1ccc(N(C)C)nc1. The fourth-order valence-electron chi connectivity index (χ4n) is 2.64. The van der Waals surface area contributed by atoms with Gasteiger partial charge in [0.05, 0.1) is 0 Å². The Labute approximate surface area is 140 Å². The number of benzene rings is 1. The molecule has 2 rings (SSSR count). The number of hydrogen-bond donors (Lipinski definition) is 0. The van der Waals surface area contributed by atoms with Crippen LogP contribution in [0.2, 0.25) is 0 Å². The summed E-state index contributed by atoms with van der Waals surface area (Å²) in [4.78, 5) is 11.1. The summed E-state index contributed by atoms with van der Waals surface area (Å²) in [6.07, 6.45) is 1.97. The van der Waals surface area contributed by atoms with Crippen LogP contribution >= 0.6 is 0 Å². The molecule has 0 bridgehead atoms. The smallest absolute Gasteiger partial charge is 0.127 e. The zero-order valence-corrected chi connectivity index (χ0v) is 15.0. The summed E-state index contributed by atoms with van der Waals surface area (Å²) < 4.78 is 0. The van der Waals surface area contributed by atoms with Gasteiger partial charge in [-0.25, -0.2) is 4.98 Å². The third-order valence-electron chi connectivity index (χ3n) is 3.77. The first-order valence-corrected chi connectivity index (χ1v) is 7.98. The average Bonchev–Trinajstić information content (AvgIpc) is 2.49. The fourth-order valence-corrected chi connectivity index (χ4v) is 2.64. The quantitative estimate of drug-likeness (QED) is 0.784. The number of nitrogens with zero attached hydrogens (tertiary/aromatic N) is 4. The van der Waals surface area contributed by atoms with Crippen LogP contribution in [0.5, 0.6) is 0 Å². The second-order valence-electron chi connectivity index (χ2n) is 6.60. The molecule has 0 N–H and O–H groups in total. The minimum Gasteiger partial charge on any atom is -0.363 e. The summed E-state index contributed by atoms with van der Waals surface area (Å²) in [5.41, 5.74) is 4.02. The Hall–Kier alpha value is -1.91. The van der Waals surface area contributed by atoms with E-state index in [0.29, 0.717) is 0 Å². The lowest BCUT2D eigenvalue weighted by molar-refractivity contribution is 0.314. The predicted molar refractivity (Wildman–Crippen MR) is 97.6 cm³/mol. The van der Waals surface area contributed by atoms with Gasteiger partial charge in [-0.3, -0.25) is 4.90 Å². The minimum absolute atomic E-state index is 0.900. The maximum atomic E-state index is 4.49. The van der Waals surface area contributed by atoms with Crippen LogP contribution < -0.4 is 4.90 Å². The number of anilines is 1. The first-order valence-electron chi connectivity index (χ1n) is 7.98. The van der Waals surface area contributed by atoms with E-state index in [-0.39, 0.29) is 0 Å². The van der Waals surface area contributed by atoms with E-state index in [1.54, 1.807) is 0 Å². The zero-order chi connectivity index (χ0) is 16.8. The van der Waals surface area contributed by atoms with Gasteiger partial charge in [-0.2, -0.15) is 0 Å². The molecule has 0 saturated heterocycles. The lowest BCUT2D eigenvalue weighted by Crippen LogP contribution is -2.20. The first kappa shape index (κ1) is 17.4. The summed E-state index contributed by atoms with van der Waals surface area (Å²) >= 11 is 0. The molecule has 0 saturated carbocycles. The fraction of sp³-hybridized carbons (Fsp3) is 0.421. The van der Waals surface area contributed by atoms with Gasteiger partial charge in [0.1, 0.15) is 5.82 Å². The van der Waals surface area contributed by atoms with Crippen LogP contribution in [0.1, 0.15) is 16.7 Å². The summed E-state index contributed by atoms with van der Waals surface area (Å²) in [7, 11) is 10.4. The summed E-state index contributed by atoms with van der Waals surface area (Å²) in [5.74, 6) is 0.993. The number of rotatable bonds is 7. The van der Waals surface area contributed by atoms with Crippen molar-refractivity contribution in [3.05, 3.63) is 59.3 Å². The minimum atomic E-state index is 0.900. The molecule has 0 spiro atoms. The standard InChI is InChI=1S/C19H28N4/c1-21(2)14-17-8-6-7-9-18(17)15-23(5)13-16-10-11-19(20-12-16)22(3)4/h6-12H,13-15H2,1-5H3. The van der Waals surface area contributed by atoms with E-state index in [1.165, 1.54) is 16.7 Å². The third-order valence-corrected chi connectivity index (χ3v) is 3.77. The van der Waals surface area contributed by atoms with Crippen molar-refractivity contribution in [2.75, 3.05) is 40.1 Å². The second kappa shape index (κ2) is 8.09.